The van der Waals surface area contributed by atoms with Gasteiger partial charge in [-0.3, -0.25) is 4.55 Å². The second kappa shape index (κ2) is 3.08. The van der Waals surface area contributed by atoms with Crippen molar-refractivity contribution in [3.05, 3.63) is 0 Å². The van der Waals surface area contributed by atoms with Crippen molar-refractivity contribution in [1.29, 1.82) is 0 Å². The number of aliphatic hydroxyl groups excluding tert-OH is 1. The fourth-order valence-corrected chi connectivity index (χ4v) is 2.24. The number of hydrogen-bond donors (Lipinski definition) is 2. The lowest BCUT2D eigenvalue weighted by Gasteiger charge is -2.13. The van der Waals surface area contributed by atoms with E-state index in [0.29, 0.717) is 12.8 Å². The molecule has 0 aromatic carbocycles. The quantitative estimate of drug-likeness (QED) is 0.602. The van der Waals surface area contributed by atoms with Crippen LogP contribution < -0.4 is 0 Å². The summed E-state index contributed by atoms with van der Waals surface area (Å²) in [6.07, 6.45) is 3.27. The van der Waals surface area contributed by atoms with Crippen molar-refractivity contribution >= 4 is 10.1 Å². The van der Waals surface area contributed by atoms with Crippen LogP contribution in [0.4, 0.5) is 0 Å². The Labute approximate surface area is 66.0 Å². The Morgan fingerprint density at radius 1 is 1.27 bits per heavy atom. The van der Waals surface area contributed by atoms with Gasteiger partial charge in [-0.05, 0) is 12.8 Å². The first kappa shape index (κ1) is 8.96. The van der Waals surface area contributed by atoms with E-state index in [2.05, 4.69) is 0 Å². The highest BCUT2D eigenvalue weighted by atomic mass is 32.2. The summed E-state index contributed by atoms with van der Waals surface area (Å²) in [5.41, 5.74) is -1.56. The molecule has 4 nitrogen and oxygen atoms in total. The molecule has 1 rings (SSSR count). The predicted molar refractivity (Wildman–Crippen MR) is 39.5 cm³/mol. The summed E-state index contributed by atoms with van der Waals surface area (Å²) in [4.78, 5) is 0. The average Bonchev–Trinajstić information content (AvgIpc) is 2.34. The van der Waals surface area contributed by atoms with Crippen LogP contribution in [0.1, 0.15) is 25.7 Å². The van der Waals surface area contributed by atoms with Gasteiger partial charge < -0.3 is 5.11 Å². The molecular formula is C6H12O4S. The molecule has 0 spiro atoms. The number of hydrogen-bond acceptors (Lipinski definition) is 3. The van der Waals surface area contributed by atoms with Gasteiger partial charge in [0.05, 0.1) is 0 Å². The van der Waals surface area contributed by atoms with Gasteiger partial charge in [0.2, 0.25) is 0 Å². The van der Waals surface area contributed by atoms with Crippen molar-refractivity contribution < 1.29 is 18.1 Å². The van der Waals surface area contributed by atoms with Crippen molar-refractivity contribution in [1.82, 2.24) is 0 Å². The molecule has 0 radical (unpaired) electrons. The molecule has 1 aliphatic rings. The maximum absolute atomic E-state index is 10.4. The molecule has 0 aromatic heterocycles. The molecule has 66 valence electrons. The van der Waals surface area contributed by atoms with Gasteiger partial charge >= 0.3 is 0 Å². The maximum atomic E-state index is 10.4. The van der Waals surface area contributed by atoms with E-state index < -0.39 is 15.6 Å². The summed E-state index contributed by atoms with van der Waals surface area (Å²) < 4.78 is 29.3. The van der Waals surface area contributed by atoms with Crippen molar-refractivity contribution in [2.45, 2.75) is 31.1 Å². The molecule has 0 saturated heterocycles. The standard InChI is InChI=1S/C6H12O4S/c7-6(11(8,9)10)5-3-1-2-4-5/h5-7H,1-4H2,(H,8,9,10). The third-order valence-electron chi connectivity index (χ3n) is 2.11. The third kappa shape index (κ3) is 2.15. The van der Waals surface area contributed by atoms with Crippen LogP contribution in [0, 0.1) is 5.92 Å². The molecule has 1 unspecified atom stereocenters. The summed E-state index contributed by atoms with van der Waals surface area (Å²) >= 11 is 0. The van der Waals surface area contributed by atoms with Gasteiger partial charge in [-0.2, -0.15) is 8.42 Å². The second-order valence-corrected chi connectivity index (χ2v) is 4.46. The molecule has 0 heterocycles. The Balaban J connectivity index is 2.60. The molecule has 0 amide bonds. The average molecular weight is 180 g/mol. The van der Waals surface area contributed by atoms with Crippen LogP contribution >= 0.6 is 0 Å². The minimum atomic E-state index is -4.23. The van der Waals surface area contributed by atoms with Gasteiger partial charge in [0.25, 0.3) is 10.1 Å². The number of aliphatic hydroxyl groups is 1. The zero-order valence-electron chi connectivity index (χ0n) is 6.10. The van der Waals surface area contributed by atoms with Crippen molar-refractivity contribution in [2.75, 3.05) is 0 Å². The molecule has 1 fully saturated rings. The van der Waals surface area contributed by atoms with Gasteiger partial charge in [-0.25, -0.2) is 0 Å². The van der Waals surface area contributed by atoms with Gasteiger partial charge in [-0.1, -0.05) is 12.8 Å². The van der Waals surface area contributed by atoms with E-state index in [1.807, 2.05) is 0 Å². The summed E-state index contributed by atoms with van der Waals surface area (Å²) in [5, 5.41) is 9.05. The molecule has 1 saturated carbocycles. The fraction of sp³-hybridized carbons (Fsp3) is 1.00. The highest BCUT2D eigenvalue weighted by Crippen LogP contribution is 2.29. The first-order valence-corrected chi connectivity index (χ1v) is 5.16. The molecule has 1 atom stereocenters. The maximum Gasteiger partial charge on any atom is 0.292 e. The fourth-order valence-electron chi connectivity index (χ4n) is 1.49. The lowest BCUT2D eigenvalue weighted by atomic mass is 10.1. The number of rotatable bonds is 2. The molecule has 0 aromatic rings. The Kier molecular flexibility index (Phi) is 2.51. The Morgan fingerprint density at radius 3 is 2.09 bits per heavy atom. The Morgan fingerprint density at radius 2 is 1.73 bits per heavy atom. The van der Waals surface area contributed by atoms with Crippen LogP contribution in [0.25, 0.3) is 0 Å². The molecule has 1 aliphatic carbocycles. The van der Waals surface area contributed by atoms with Crippen LogP contribution in [-0.2, 0) is 10.1 Å². The van der Waals surface area contributed by atoms with Crippen LogP contribution in [0.15, 0.2) is 0 Å². The topological polar surface area (TPSA) is 74.6 Å². The van der Waals surface area contributed by atoms with Gasteiger partial charge in [-0.15, -0.1) is 0 Å². The molecule has 11 heavy (non-hydrogen) atoms. The highest BCUT2D eigenvalue weighted by Gasteiger charge is 2.31. The van der Waals surface area contributed by atoms with E-state index in [4.69, 9.17) is 9.66 Å². The molecule has 0 bridgehead atoms. The van der Waals surface area contributed by atoms with Crippen LogP contribution in [0.3, 0.4) is 0 Å². The Bertz CT molecular complexity index is 215. The molecular weight excluding hydrogens is 168 g/mol. The van der Waals surface area contributed by atoms with E-state index >= 15 is 0 Å². The largest absolute Gasteiger partial charge is 0.375 e. The normalized spacial score (nSPS) is 23.8. The summed E-state index contributed by atoms with van der Waals surface area (Å²) in [6.45, 7) is 0. The van der Waals surface area contributed by atoms with Crippen LogP contribution in [0.5, 0.6) is 0 Å². The van der Waals surface area contributed by atoms with E-state index in [9.17, 15) is 8.42 Å². The van der Waals surface area contributed by atoms with E-state index in [-0.39, 0.29) is 5.92 Å². The van der Waals surface area contributed by atoms with Gasteiger partial charge in [0.15, 0.2) is 5.44 Å². The zero-order valence-corrected chi connectivity index (χ0v) is 6.92. The SMILES string of the molecule is O=S(=O)(O)C(O)C1CCCC1. The summed E-state index contributed by atoms with van der Waals surface area (Å²) in [6, 6.07) is 0. The van der Waals surface area contributed by atoms with Gasteiger partial charge in [0, 0.05) is 5.92 Å². The first-order valence-electron chi connectivity index (χ1n) is 3.66. The molecule has 0 aliphatic heterocycles. The van der Waals surface area contributed by atoms with E-state index in [1.165, 1.54) is 0 Å². The zero-order chi connectivity index (χ0) is 8.48. The minimum Gasteiger partial charge on any atom is -0.375 e. The minimum absolute atomic E-state index is 0.259. The Hall–Kier alpha value is -0.130. The highest BCUT2D eigenvalue weighted by molar-refractivity contribution is 7.86. The van der Waals surface area contributed by atoms with Gasteiger partial charge in [0.1, 0.15) is 0 Å². The molecule has 2 N–H and O–H groups in total. The lowest BCUT2D eigenvalue weighted by Crippen LogP contribution is -2.27. The monoisotopic (exact) mass is 180 g/mol. The predicted octanol–water partition coefficient (Wildman–Crippen LogP) is 0.383. The van der Waals surface area contributed by atoms with Crippen LogP contribution in [0.2, 0.25) is 0 Å². The third-order valence-corrected chi connectivity index (χ3v) is 3.10. The van der Waals surface area contributed by atoms with Crippen molar-refractivity contribution in [3.8, 4) is 0 Å². The smallest absolute Gasteiger partial charge is 0.292 e. The van der Waals surface area contributed by atoms with Crippen molar-refractivity contribution in [3.63, 3.8) is 0 Å². The van der Waals surface area contributed by atoms with E-state index in [1.54, 1.807) is 0 Å². The van der Waals surface area contributed by atoms with Crippen LogP contribution in [-0.4, -0.2) is 23.5 Å². The van der Waals surface area contributed by atoms with E-state index in [0.717, 1.165) is 12.8 Å². The molecule has 5 heteroatoms. The van der Waals surface area contributed by atoms with Crippen molar-refractivity contribution in [2.24, 2.45) is 5.92 Å². The first-order chi connectivity index (χ1) is 5.02. The lowest BCUT2D eigenvalue weighted by molar-refractivity contribution is 0.171. The second-order valence-electron chi connectivity index (χ2n) is 2.95. The summed E-state index contributed by atoms with van der Waals surface area (Å²) in [5.74, 6) is -0.259. The summed E-state index contributed by atoms with van der Waals surface area (Å²) in [7, 11) is -4.23.